The second kappa shape index (κ2) is 6.51. The van der Waals surface area contributed by atoms with E-state index in [1.54, 1.807) is 6.07 Å². The first kappa shape index (κ1) is 13.0. The van der Waals surface area contributed by atoms with Crippen molar-refractivity contribution in [3.63, 3.8) is 0 Å². The summed E-state index contributed by atoms with van der Waals surface area (Å²) in [4.78, 5) is 11.4. The van der Waals surface area contributed by atoms with E-state index in [0.717, 1.165) is 5.56 Å². The van der Waals surface area contributed by atoms with Crippen LogP contribution in [0.15, 0.2) is 24.3 Å². The molecule has 3 nitrogen and oxygen atoms in total. The summed E-state index contributed by atoms with van der Waals surface area (Å²) in [6.45, 7) is 4.41. The van der Waals surface area contributed by atoms with Gasteiger partial charge in [0.25, 0.3) is 0 Å². The highest BCUT2D eigenvalue weighted by atomic mass is 35.5. The summed E-state index contributed by atoms with van der Waals surface area (Å²) >= 11 is 5.87. The van der Waals surface area contributed by atoms with Crippen molar-refractivity contribution in [3.05, 3.63) is 34.9 Å². The first-order chi connectivity index (χ1) is 7.63. The number of carbonyl (C=O) groups is 1. The summed E-state index contributed by atoms with van der Waals surface area (Å²) in [5.74, 6) is -0.116. The van der Waals surface area contributed by atoms with Crippen molar-refractivity contribution in [3.8, 4) is 0 Å². The van der Waals surface area contributed by atoms with Crippen molar-refractivity contribution in [1.82, 2.24) is 5.32 Å². The lowest BCUT2D eigenvalue weighted by molar-refractivity contribution is -0.126. The molecule has 0 spiro atoms. The van der Waals surface area contributed by atoms with E-state index in [4.69, 9.17) is 16.3 Å². The Balaban J connectivity index is 2.52. The fraction of sp³-hybridized carbons (Fsp3) is 0.417. The Morgan fingerprint density at radius 2 is 2.31 bits per heavy atom. The quantitative estimate of drug-likeness (QED) is 0.861. The number of hydrogen-bond acceptors (Lipinski definition) is 2. The lowest BCUT2D eigenvalue weighted by atomic mass is 10.1. The third-order valence-corrected chi connectivity index (χ3v) is 2.40. The van der Waals surface area contributed by atoms with Gasteiger partial charge in [-0.2, -0.15) is 0 Å². The molecule has 0 saturated heterocycles. The SMILES string of the molecule is CCOCC(=O)N[C@@H](C)c1cccc(Cl)c1. The van der Waals surface area contributed by atoms with Gasteiger partial charge in [-0.15, -0.1) is 0 Å². The fourth-order valence-electron chi connectivity index (χ4n) is 1.34. The molecule has 16 heavy (non-hydrogen) atoms. The van der Waals surface area contributed by atoms with E-state index < -0.39 is 0 Å². The van der Waals surface area contributed by atoms with Gasteiger partial charge in [0.1, 0.15) is 6.61 Å². The maximum absolute atomic E-state index is 11.4. The second-order valence-corrected chi connectivity index (χ2v) is 3.92. The maximum Gasteiger partial charge on any atom is 0.246 e. The number of ether oxygens (including phenoxy) is 1. The molecule has 88 valence electrons. The highest BCUT2D eigenvalue weighted by Gasteiger charge is 2.09. The van der Waals surface area contributed by atoms with Crippen LogP contribution in [0.3, 0.4) is 0 Å². The van der Waals surface area contributed by atoms with E-state index in [1.165, 1.54) is 0 Å². The first-order valence-corrected chi connectivity index (χ1v) is 5.64. The van der Waals surface area contributed by atoms with E-state index in [9.17, 15) is 4.79 Å². The Hall–Kier alpha value is -1.06. The Bertz CT molecular complexity index is 355. The van der Waals surface area contributed by atoms with Gasteiger partial charge >= 0.3 is 0 Å². The van der Waals surface area contributed by atoms with Gasteiger partial charge in [-0.1, -0.05) is 23.7 Å². The van der Waals surface area contributed by atoms with Gasteiger partial charge in [0.05, 0.1) is 6.04 Å². The summed E-state index contributed by atoms with van der Waals surface area (Å²) in [5.41, 5.74) is 0.984. The predicted octanol–water partition coefficient (Wildman–Crippen LogP) is 2.55. The summed E-state index contributed by atoms with van der Waals surface area (Å²) < 4.78 is 5.02. The van der Waals surface area contributed by atoms with E-state index in [-0.39, 0.29) is 18.6 Å². The van der Waals surface area contributed by atoms with Crippen LogP contribution in [0.25, 0.3) is 0 Å². The topological polar surface area (TPSA) is 38.3 Å². The van der Waals surface area contributed by atoms with Crippen LogP contribution in [0.1, 0.15) is 25.5 Å². The molecule has 0 aromatic heterocycles. The predicted molar refractivity (Wildman–Crippen MR) is 64.5 cm³/mol. The smallest absolute Gasteiger partial charge is 0.246 e. The van der Waals surface area contributed by atoms with Gasteiger partial charge in [-0.05, 0) is 31.5 Å². The highest BCUT2D eigenvalue weighted by molar-refractivity contribution is 6.30. The van der Waals surface area contributed by atoms with Crippen LogP contribution in [-0.4, -0.2) is 19.1 Å². The molecule has 1 N–H and O–H groups in total. The number of nitrogens with one attached hydrogen (secondary N) is 1. The minimum absolute atomic E-state index is 0.0633. The molecule has 1 aromatic carbocycles. The second-order valence-electron chi connectivity index (χ2n) is 3.48. The number of rotatable bonds is 5. The zero-order chi connectivity index (χ0) is 12.0. The van der Waals surface area contributed by atoms with E-state index in [0.29, 0.717) is 11.6 Å². The third-order valence-electron chi connectivity index (χ3n) is 2.16. The standard InChI is InChI=1S/C12H16ClNO2/c1-3-16-8-12(15)14-9(2)10-5-4-6-11(13)7-10/h4-7,9H,3,8H2,1-2H3,(H,14,15)/t9-/m0/s1. The number of benzene rings is 1. The van der Waals surface area contributed by atoms with Crippen molar-refractivity contribution in [1.29, 1.82) is 0 Å². The molecule has 0 aliphatic rings. The molecule has 0 aliphatic carbocycles. The van der Waals surface area contributed by atoms with E-state index >= 15 is 0 Å². The number of amides is 1. The van der Waals surface area contributed by atoms with Gasteiger partial charge in [-0.3, -0.25) is 4.79 Å². The minimum atomic E-state index is -0.116. The van der Waals surface area contributed by atoms with Gasteiger partial charge < -0.3 is 10.1 Å². The van der Waals surface area contributed by atoms with E-state index in [1.807, 2.05) is 32.0 Å². The van der Waals surface area contributed by atoms with Gasteiger partial charge in [0.15, 0.2) is 0 Å². The molecule has 0 bridgehead atoms. The van der Waals surface area contributed by atoms with Crippen molar-refractivity contribution < 1.29 is 9.53 Å². The average molecular weight is 242 g/mol. The molecule has 0 radical (unpaired) electrons. The molecule has 0 unspecified atom stereocenters. The monoisotopic (exact) mass is 241 g/mol. The largest absolute Gasteiger partial charge is 0.372 e. The van der Waals surface area contributed by atoms with Crippen molar-refractivity contribution in [2.45, 2.75) is 19.9 Å². The Labute approximate surface area is 101 Å². The third kappa shape index (κ3) is 4.21. The molecule has 1 rings (SSSR count). The molecule has 1 amide bonds. The molecule has 0 aliphatic heterocycles. The van der Waals surface area contributed by atoms with Crippen LogP contribution in [0.5, 0.6) is 0 Å². The van der Waals surface area contributed by atoms with Crippen LogP contribution in [-0.2, 0) is 9.53 Å². The number of hydrogen-bond donors (Lipinski definition) is 1. The normalized spacial score (nSPS) is 12.2. The molecular formula is C12H16ClNO2. The molecule has 0 fully saturated rings. The minimum Gasteiger partial charge on any atom is -0.372 e. The summed E-state index contributed by atoms with van der Waals surface area (Å²) in [7, 11) is 0. The lowest BCUT2D eigenvalue weighted by Gasteiger charge is -2.14. The molecular weight excluding hydrogens is 226 g/mol. The number of carbonyl (C=O) groups excluding carboxylic acids is 1. The number of halogens is 1. The molecule has 1 aromatic rings. The molecule has 4 heteroatoms. The zero-order valence-electron chi connectivity index (χ0n) is 9.50. The van der Waals surface area contributed by atoms with Crippen molar-refractivity contribution >= 4 is 17.5 Å². The van der Waals surface area contributed by atoms with Crippen LogP contribution in [0.2, 0.25) is 5.02 Å². The van der Waals surface area contributed by atoms with Crippen LogP contribution in [0, 0.1) is 0 Å². The van der Waals surface area contributed by atoms with Crippen molar-refractivity contribution in [2.24, 2.45) is 0 Å². The molecule has 0 saturated carbocycles. The van der Waals surface area contributed by atoms with Gasteiger partial charge in [0.2, 0.25) is 5.91 Å². The van der Waals surface area contributed by atoms with Crippen LogP contribution < -0.4 is 5.32 Å². The zero-order valence-corrected chi connectivity index (χ0v) is 10.3. The van der Waals surface area contributed by atoms with Crippen molar-refractivity contribution in [2.75, 3.05) is 13.2 Å². The lowest BCUT2D eigenvalue weighted by Crippen LogP contribution is -2.30. The first-order valence-electron chi connectivity index (χ1n) is 5.26. The Morgan fingerprint density at radius 3 is 2.94 bits per heavy atom. The molecule has 0 heterocycles. The van der Waals surface area contributed by atoms with Gasteiger partial charge in [0, 0.05) is 11.6 Å². The fourth-order valence-corrected chi connectivity index (χ4v) is 1.54. The summed E-state index contributed by atoms with van der Waals surface area (Å²) in [6, 6.07) is 7.37. The Morgan fingerprint density at radius 1 is 1.56 bits per heavy atom. The van der Waals surface area contributed by atoms with Gasteiger partial charge in [-0.25, -0.2) is 0 Å². The van der Waals surface area contributed by atoms with Crippen LogP contribution >= 0.6 is 11.6 Å². The van der Waals surface area contributed by atoms with Crippen LogP contribution in [0.4, 0.5) is 0 Å². The summed E-state index contributed by atoms with van der Waals surface area (Å²) in [6.07, 6.45) is 0. The Kier molecular flexibility index (Phi) is 5.29. The highest BCUT2D eigenvalue weighted by Crippen LogP contribution is 2.16. The maximum atomic E-state index is 11.4. The van der Waals surface area contributed by atoms with E-state index in [2.05, 4.69) is 5.32 Å². The summed E-state index contributed by atoms with van der Waals surface area (Å²) in [5, 5.41) is 3.51. The average Bonchev–Trinajstić information content (AvgIpc) is 2.26. The molecule has 1 atom stereocenters.